The Balaban J connectivity index is 2.24. The molecule has 4 heteroatoms. The van der Waals surface area contributed by atoms with Crippen molar-refractivity contribution in [2.75, 3.05) is 13.1 Å². The fraction of sp³-hybridized carbons (Fsp3) is 0.800. The molecule has 1 rings (SSSR count). The predicted molar refractivity (Wildman–Crippen MR) is 53.4 cm³/mol. The average molecular weight is 195 g/mol. The first-order valence-corrected chi connectivity index (χ1v) is 5.14. The lowest BCUT2D eigenvalue weighted by molar-refractivity contribution is -0.123. The molecule has 78 valence electrons. The Labute approximate surface area is 84.7 Å². The Kier molecular flexibility index (Phi) is 4.41. The summed E-state index contributed by atoms with van der Waals surface area (Å²) >= 11 is 0. The van der Waals surface area contributed by atoms with Gasteiger partial charge in [-0.05, 0) is 26.3 Å². The molecule has 0 aromatic heterocycles. The Hall–Kier alpha value is -1.08. The van der Waals surface area contributed by atoms with Crippen LogP contribution in [0.5, 0.6) is 0 Å². The highest BCUT2D eigenvalue weighted by molar-refractivity contribution is 5.81. The zero-order chi connectivity index (χ0) is 10.4. The summed E-state index contributed by atoms with van der Waals surface area (Å²) < 4.78 is 0. The molecule has 1 unspecified atom stereocenters. The van der Waals surface area contributed by atoms with Crippen LogP contribution < -0.4 is 10.6 Å². The maximum atomic E-state index is 11.5. The molecule has 1 aliphatic heterocycles. The van der Waals surface area contributed by atoms with Crippen LogP contribution in [0.15, 0.2) is 0 Å². The Morgan fingerprint density at radius 1 is 1.71 bits per heavy atom. The van der Waals surface area contributed by atoms with Crippen molar-refractivity contribution in [1.29, 1.82) is 5.26 Å². The summed E-state index contributed by atoms with van der Waals surface area (Å²) in [6, 6.07) is 2.04. The van der Waals surface area contributed by atoms with Gasteiger partial charge in [-0.2, -0.15) is 5.26 Å². The minimum absolute atomic E-state index is 0.0341. The number of nitriles is 1. The number of hydrogen-bond donors (Lipinski definition) is 2. The van der Waals surface area contributed by atoms with Crippen LogP contribution in [-0.2, 0) is 4.79 Å². The summed E-state index contributed by atoms with van der Waals surface area (Å²) in [5.41, 5.74) is 0. The van der Waals surface area contributed by atoms with E-state index >= 15 is 0 Å². The number of piperidine rings is 1. The van der Waals surface area contributed by atoms with E-state index in [0.29, 0.717) is 6.54 Å². The molecule has 0 saturated carbocycles. The molecule has 1 amide bonds. The normalized spacial score (nSPS) is 23.6. The first-order chi connectivity index (χ1) is 6.74. The van der Waals surface area contributed by atoms with Gasteiger partial charge in [0.1, 0.15) is 0 Å². The molecule has 2 N–H and O–H groups in total. The number of carbonyl (C=O) groups excluding carboxylic acids is 1. The topological polar surface area (TPSA) is 64.9 Å². The molecule has 1 heterocycles. The van der Waals surface area contributed by atoms with E-state index in [2.05, 4.69) is 16.7 Å². The van der Waals surface area contributed by atoms with E-state index in [1.54, 1.807) is 6.92 Å². The van der Waals surface area contributed by atoms with Crippen molar-refractivity contribution >= 4 is 5.91 Å². The zero-order valence-corrected chi connectivity index (χ0v) is 8.55. The number of carbonyl (C=O) groups is 1. The van der Waals surface area contributed by atoms with E-state index in [9.17, 15) is 4.79 Å². The van der Waals surface area contributed by atoms with Gasteiger partial charge in [-0.15, -0.1) is 0 Å². The van der Waals surface area contributed by atoms with Crippen LogP contribution in [0.2, 0.25) is 0 Å². The van der Waals surface area contributed by atoms with E-state index < -0.39 is 0 Å². The first-order valence-electron chi connectivity index (χ1n) is 5.14. The van der Waals surface area contributed by atoms with Crippen LogP contribution in [0.3, 0.4) is 0 Å². The van der Waals surface area contributed by atoms with Crippen molar-refractivity contribution in [3.63, 3.8) is 0 Å². The fourth-order valence-corrected chi connectivity index (χ4v) is 1.50. The van der Waals surface area contributed by atoms with E-state index in [-0.39, 0.29) is 17.9 Å². The maximum absolute atomic E-state index is 11.5. The second kappa shape index (κ2) is 5.61. The van der Waals surface area contributed by atoms with Crippen LogP contribution in [0.1, 0.15) is 26.2 Å². The van der Waals surface area contributed by atoms with Crippen LogP contribution in [-0.4, -0.2) is 25.0 Å². The molecule has 1 saturated heterocycles. The number of hydrogen-bond acceptors (Lipinski definition) is 3. The molecule has 2 atom stereocenters. The molecule has 0 radical (unpaired) electrons. The summed E-state index contributed by atoms with van der Waals surface area (Å²) in [5, 5.41) is 14.5. The molecular formula is C10H17N3O. The van der Waals surface area contributed by atoms with Gasteiger partial charge in [0.25, 0.3) is 0 Å². The first kappa shape index (κ1) is 11.0. The molecule has 0 bridgehead atoms. The summed E-state index contributed by atoms with van der Waals surface area (Å²) in [5.74, 6) is -0.0747. The van der Waals surface area contributed by atoms with Crippen molar-refractivity contribution in [3.05, 3.63) is 0 Å². The zero-order valence-electron chi connectivity index (χ0n) is 8.55. The Morgan fingerprint density at radius 2 is 2.50 bits per heavy atom. The molecule has 0 spiro atoms. The molecule has 1 aliphatic rings. The quantitative estimate of drug-likeness (QED) is 0.685. The van der Waals surface area contributed by atoms with Gasteiger partial charge >= 0.3 is 0 Å². The van der Waals surface area contributed by atoms with Crippen LogP contribution in [0, 0.1) is 17.2 Å². The Morgan fingerprint density at radius 3 is 3.07 bits per heavy atom. The van der Waals surface area contributed by atoms with Crippen LogP contribution in [0.25, 0.3) is 0 Å². The summed E-state index contributed by atoms with van der Waals surface area (Å²) in [6.45, 7) is 3.17. The standard InChI is InChI=1S/C10H17N3O/c1-8(6-11)7-13-10(14)9-4-2-3-5-12-9/h8-9,12H,2-5,7H2,1H3,(H,13,14)/t8?,9-/m1/s1. The number of amides is 1. The molecule has 14 heavy (non-hydrogen) atoms. The van der Waals surface area contributed by atoms with E-state index in [0.717, 1.165) is 25.8 Å². The summed E-state index contributed by atoms with van der Waals surface area (Å²) in [4.78, 5) is 11.5. The van der Waals surface area contributed by atoms with Gasteiger partial charge in [0.05, 0.1) is 18.0 Å². The summed E-state index contributed by atoms with van der Waals surface area (Å²) in [6.07, 6.45) is 3.17. The molecule has 0 aliphatic carbocycles. The van der Waals surface area contributed by atoms with Gasteiger partial charge in [-0.25, -0.2) is 0 Å². The highest BCUT2D eigenvalue weighted by atomic mass is 16.2. The fourth-order valence-electron chi connectivity index (χ4n) is 1.50. The average Bonchev–Trinajstić information content (AvgIpc) is 2.26. The maximum Gasteiger partial charge on any atom is 0.237 e. The van der Waals surface area contributed by atoms with Gasteiger partial charge in [-0.3, -0.25) is 4.79 Å². The molecular weight excluding hydrogens is 178 g/mol. The summed E-state index contributed by atoms with van der Waals surface area (Å²) in [7, 11) is 0. The number of nitrogens with one attached hydrogen (secondary N) is 2. The van der Waals surface area contributed by atoms with Gasteiger partial charge in [0, 0.05) is 6.54 Å². The van der Waals surface area contributed by atoms with Gasteiger partial charge in [-0.1, -0.05) is 6.42 Å². The second-order valence-corrected chi connectivity index (χ2v) is 3.78. The predicted octanol–water partition coefficient (Wildman–Crippen LogP) is 0.404. The third kappa shape index (κ3) is 3.35. The van der Waals surface area contributed by atoms with Crippen molar-refractivity contribution in [2.45, 2.75) is 32.2 Å². The lowest BCUT2D eigenvalue weighted by Crippen LogP contribution is -2.47. The van der Waals surface area contributed by atoms with Gasteiger partial charge < -0.3 is 10.6 Å². The lowest BCUT2D eigenvalue weighted by Gasteiger charge is -2.22. The van der Waals surface area contributed by atoms with Crippen LogP contribution in [0.4, 0.5) is 0 Å². The van der Waals surface area contributed by atoms with E-state index in [1.165, 1.54) is 0 Å². The van der Waals surface area contributed by atoms with Crippen molar-refractivity contribution < 1.29 is 4.79 Å². The smallest absolute Gasteiger partial charge is 0.237 e. The third-order valence-electron chi connectivity index (χ3n) is 2.43. The molecule has 0 aromatic rings. The lowest BCUT2D eigenvalue weighted by atomic mass is 10.0. The molecule has 4 nitrogen and oxygen atoms in total. The third-order valence-corrected chi connectivity index (χ3v) is 2.43. The molecule has 0 aromatic carbocycles. The van der Waals surface area contributed by atoms with Gasteiger partial charge in [0.2, 0.25) is 5.91 Å². The minimum Gasteiger partial charge on any atom is -0.353 e. The van der Waals surface area contributed by atoms with E-state index in [1.807, 2.05) is 0 Å². The SMILES string of the molecule is CC(C#N)CNC(=O)[C@H]1CCCCN1. The number of rotatable bonds is 3. The highest BCUT2D eigenvalue weighted by Gasteiger charge is 2.20. The van der Waals surface area contributed by atoms with E-state index in [4.69, 9.17) is 5.26 Å². The van der Waals surface area contributed by atoms with Gasteiger partial charge in [0.15, 0.2) is 0 Å². The largest absolute Gasteiger partial charge is 0.353 e. The Bertz CT molecular complexity index is 228. The highest BCUT2D eigenvalue weighted by Crippen LogP contribution is 2.06. The molecule has 1 fully saturated rings. The second-order valence-electron chi connectivity index (χ2n) is 3.78. The monoisotopic (exact) mass is 195 g/mol. The van der Waals surface area contributed by atoms with Crippen LogP contribution >= 0.6 is 0 Å². The van der Waals surface area contributed by atoms with Crippen molar-refractivity contribution in [1.82, 2.24) is 10.6 Å². The van der Waals surface area contributed by atoms with Crippen molar-refractivity contribution in [3.8, 4) is 6.07 Å². The minimum atomic E-state index is -0.109. The van der Waals surface area contributed by atoms with Crippen molar-refractivity contribution in [2.24, 2.45) is 5.92 Å². The number of nitrogens with zero attached hydrogens (tertiary/aromatic N) is 1.